The van der Waals surface area contributed by atoms with E-state index in [2.05, 4.69) is 28.4 Å². The summed E-state index contributed by atoms with van der Waals surface area (Å²) >= 11 is 0. The van der Waals surface area contributed by atoms with Crippen molar-refractivity contribution in [3.05, 3.63) is 119 Å². The third kappa shape index (κ3) is 5.70. The second-order valence-corrected chi connectivity index (χ2v) is 11.6. The monoisotopic (exact) mass is 551 g/mol. The van der Waals surface area contributed by atoms with Gasteiger partial charge in [0, 0.05) is 31.4 Å². The first kappa shape index (κ1) is 27.3. The van der Waals surface area contributed by atoms with E-state index >= 15 is 0 Å². The van der Waals surface area contributed by atoms with Crippen molar-refractivity contribution in [2.45, 2.75) is 36.6 Å². The summed E-state index contributed by atoms with van der Waals surface area (Å²) in [6.07, 6.45) is 0.776. The van der Waals surface area contributed by atoms with E-state index < -0.39 is 10.8 Å². The average molecular weight is 552 g/mol. The molecule has 4 aromatic carbocycles. The molecule has 40 heavy (non-hydrogen) atoms. The Morgan fingerprint density at radius 2 is 1.65 bits per heavy atom. The molecule has 1 atom stereocenters. The van der Waals surface area contributed by atoms with Crippen LogP contribution >= 0.6 is 0 Å². The third-order valence-corrected chi connectivity index (χ3v) is 8.76. The number of carbonyl (C=O) groups excluding carboxylic acids is 2. The van der Waals surface area contributed by atoms with E-state index in [-0.39, 0.29) is 11.8 Å². The number of hydrogen-bond acceptors (Lipinski definition) is 4. The van der Waals surface area contributed by atoms with Crippen LogP contribution in [0.5, 0.6) is 0 Å². The summed E-state index contributed by atoms with van der Waals surface area (Å²) < 4.78 is 13.7. The molecule has 0 bridgehead atoms. The topological polar surface area (TPSA) is 69.7 Å². The standard InChI is InChI=1S/C33H33N3O3S/c1-23-14-15-24(2)26(20-23)22-36-29-21-25(32(37)34-18-9-19-35(3)27-10-5-4-6-11-27)16-17-31(29)40(39)30-13-8-7-12-28(30)33(36)38/h4-8,10-17,20-21H,9,18-19,22H2,1-3H3,(H,34,37)/t40-/m1/s1. The van der Waals surface area contributed by atoms with Crippen molar-refractivity contribution in [1.82, 2.24) is 5.32 Å². The molecule has 1 N–H and O–H groups in total. The molecule has 0 unspecified atom stereocenters. The SMILES string of the molecule is Cc1ccc(C)c(CN2C(=O)c3ccccc3[S@@](=O)c3ccc(C(=O)NCCCN(C)c4ccccc4)cc32)c1. The lowest BCUT2D eigenvalue weighted by atomic mass is 10.0. The van der Waals surface area contributed by atoms with E-state index in [1.807, 2.05) is 51.2 Å². The van der Waals surface area contributed by atoms with Gasteiger partial charge in [-0.05, 0) is 73.9 Å². The zero-order valence-corrected chi connectivity index (χ0v) is 23.8. The summed E-state index contributed by atoms with van der Waals surface area (Å²) in [4.78, 5) is 31.9. The van der Waals surface area contributed by atoms with Crippen molar-refractivity contribution in [1.29, 1.82) is 0 Å². The van der Waals surface area contributed by atoms with E-state index in [1.54, 1.807) is 47.4 Å². The Balaban J connectivity index is 1.40. The van der Waals surface area contributed by atoms with E-state index in [4.69, 9.17) is 0 Å². The van der Waals surface area contributed by atoms with Gasteiger partial charge in [0.2, 0.25) is 0 Å². The third-order valence-electron chi connectivity index (χ3n) is 7.26. The number of nitrogens with one attached hydrogen (secondary N) is 1. The van der Waals surface area contributed by atoms with E-state index in [0.717, 1.165) is 35.3 Å². The van der Waals surface area contributed by atoms with Crippen molar-refractivity contribution in [2.24, 2.45) is 0 Å². The molecule has 6 nitrogen and oxygen atoms in total. The van der Waals surface area contributed by atoms with Gasteiger partial charge in [-0.1, -0.05) is 54.1 Å². The highest BCUT2D eigenvalue weighted by atomic mass is 32.2. The molecule has 204 valence electrons. The second kappa shape index (κ2) is 11.9. The number of nitrogens with zero attached hydrogens (tertiary/aromatic N) is 2. The van der Waals surface area contributed by atoms with Gasteiger partial charge in [0.05, 0.1) is 38.4 Å². The van der Waals surface area contributed by atoms with Crippen LogP contribution < -0.4 is 15.1 Å². The number of hydrogen-bond donors (Lipinski definition) is 1. The first-order chi connectivity index (χ1) is 19.3. The smallest absolute Gasteiger partial charge is 0.259 e. The van der Waals surface area contributed by atoms with Gasteiger partial charge in [-0.15, -0.1) is 0 Å². The average Bonchev–Trinajstić information content (AvgIpc) is 3.06. The van der Waals surface area contributed by atoms with Gasteiger partial charge in [-0.2, -0.15) is 0 Å². The summed E-state index contributed by atoms with van der Waals surface area (Å²) in [5.41, 5.74) is 5.62. The molecule has 1 heterocycles. The molecule has 0 spiro atoms. The summed E-state index contributed by atoms with van der Waals surface area (Å²) in [7, 11) is 0.463. The number of carbonyl (C=O) groups is 2. The van der Waals surface area contributed by atoms with Gasteiger partial charge in [0.1, 0.15) is 0 Å². The van der Waals surface area contributed by atoms with E-state index in [9.17, 15) is 13.8 Å². The molecule has 7 heteroatoms. The van der Waals surface area contributed by atoms with Gasteiger partial charge in [-0.3, -0.25) is 9.59 Å². The van der Waals surface area contributed by atoms with Crippen LogP contribution in [0.25, 0.3) is 0 Å². The molecule has 0 aromatic heterocycles. The van der Waals surface area contributed by atoms with Crippen molar-refractivity contribution < 1.29 is 13.8 Å². The summed E-state index contributed by atoms with van der Waals surface area (Å²) in [5, 5.41) is 3.00. The number of rotatable bonds is 8. The van der Waals surface area contributed by atoms with Crippen LogP contribution in [0.3, 0.4) is 0 Å². The molecule has 0 radical (unpaired) electrons. The number of para-hydroxylation sites is 1. The van der Waals surface area contributed by atoms with Crippen LogP contribution in [0.4, 0.5) is 11.4 Å². The summed E-state index contributed by atoms with van der Waals surface area (Å²) in [6.45, 7) is 5.65. The number of anilines is 2. The maximum Gasteiger partial charge on any atom is 0.259 e. The predicted octanol–water partition coefficient (Wildman–Crippen LogP) is 5.89. The number of fused-ring (bicyclic) bond motifs is 2. The maximum absolute atomic E-state index is 13.9. The first-order valence-corrected chi connectivity index (χ1v) is 14.6. The zero-order valence-electron chi connectivity index (χ0n) is 23.0. The molecule has 5 rings (SSSR count). The lowest BCUT2D eigenvalue weighted by Gasteiger charge is -2.24. The lowest BCUT2D eigenvalue weighted by molar-refractivity contribution is 0.0949. The van der Waals surface area contributed by atoms with Crippen LogP contribution in [-0.2, 0) is 17.3 Å². The van der Waals surface area contributed by atoms with Crippen molar-refractivity contribution in [2.75, 3.05) is 29.9 Å². The van der Waals surface area contributed by atoms with Crippen LogP contribution in [0.15, 0.2) is 101 Å². The maximum atomic E-state index is 13.9. The Hall–Kier alpha value is -4.23. The molecule has 1 aliphatic rings. The molecular formula is C33H33N3O3S. The van der Waals surface area contributed by atoms with Gasteiger partial charge in [0.25, 0.3) is 11.8 Å². The predicted molar refractivity (Wildman–Crippen MR) is 161 cm³/mol. The second-order valence-electron chi connectivity index (χ2n) is 10.1. The van der Waals surface area contributed by atoms with Gasteiger partial charge >= 0.3 is 0 Å². The molecule has 0 saturated carbocycles. The molecule has 1 aliphatic heterocycles. The Morgan fingerprint density at radius 3 is 2.45 bits per heavy atom. The van der Waals surface area contributed by atoms with Crippen molar-refractivity contribution in [3.8, 4) is 0 Å². The highest BCUT2D eigenvalue weighted by Crippen LogP contribution is 2.36. The lowest BCUT2D eigenvalue weighted by Crippen LogP contribution is -2.31. The molecule has 0 fully saturated rings. The molecular weight excluding hydrogens is 518 g/mol. The normalized spacial score (nSPS) is 14.2. The summed E-state index contributed by atoms with van der Waals surface area (Å²) in [5.74, 6) is -0.457. The van der Waals surface area contributed by atoms with Gasteiger partial charge < -0.3 is 15.1 Å². The number of amides is 2. The van der Waals surface area contributed by atoms with Gasteiger partial charge in [-0.25, -0.2) is 4.21 Å². The van der Waals surface area contributed by atoms with Gasteiger partial charge in [0.15, 0.2) is 0 Å². The number of benzene rings is 4. The zero-order chi connectivity index (χ0) is 28.2. The Labute approximate surface area is 238 Å². The minimum atomic E-state index is -1.57. The molecule has 0 aliphatic carbocycles. The fourth-order valence-corrected chi connectivity index (χ4v) is 6.28. The minimum absolute atomic E-state index is 0.225. The quantitative estimate of drug-likeness (QED) is 0.278. The van der Waals surface area contributed by atoms with Crippen LogP contribution in [0, 0.1) is 13.8 Å². The Morgan fingerprint density at radius 1 is 0.900 bits per heavy atom. The van der Waals surface area contributed by atoms with Crippen molar-refractivity contribution >= 4 is 34.0 Å². The van der Waals surface area contributed by atoms with Crippen LogP contribution in [-0.4, -0.2) is 36.2 Å². The summed E-state index contributed by atoms with van der Waals surface area (Å²) in [6, 6.07) is 28.4. The largest absolute Gasteiger partial charge is 0.375 e. The minimum Gasteiger partial charge on any atom is -0.375 e. The first-order valence-electron chi connectivity index (χ1n) is 13.4. The Bertz CT molecular complexity index is 1590. The molecule has 2 amide bonds. The molecule has 4 aromatic rings. The molecule has 0 saturated heterocycles. The Kier molecular flexibility index (Phi) is 8.12. The highest BCUT2D eigenvalue weighted by molar-refractivity contribution is 7.85. The fraction of sp³-hybridized carbons (Fsp3) is 0.212. The fourth-order valence-electron chi connectivity index (χ4n) is 4.93. The van der Waals surface area contributed by atoms with Crippen LogP contribution in [0.1, 0.15) is 43.8 Å². The highest BCUT2D eigenvalue weighted by Gasteiger charge is 2.31. The number of aryl methyl sites for hydroxylation is 2. The van der Waals surface area contributed by atoms with E-state index in [1.165, 1.54) is 0 Å². The van der Waals surface area contributed by atoms with E-state index in [0.29, 0.717) is 39.7 Å². The van der Waals surface area contributed by atoms with Crippen LogP contribution in [0.2, 0.25) is 0 Å². The van der Waals surface area contributed by atoms with Crippen molar-refractivity contribution in [3.63, 3.8) is 0 Å².